The summed E-state index contributed by atoms with van der Waals surface area (Å²) in [7, 11) is 0. The first-order valence-electron chi connectivity index (χ1n) is 9.77. The molecule has 0 aliphatic rings. The molecule has 0 saturated carbocycles. The second-order valence-corrected chi connectivity index (χ2v) is 7.38. The maximum absolute atomic E-state index is 11.1. The molecule has 2 aromatic heterocycles. The van der Waals surface area contributed by atoms with Crippen LogP contribution in [0.2, 0.25) is 0 Å². The van der Waals surface area contributed by atoms with Gasteiger partial charge in [-0.15, -0.1) is 0 Å². The van der Waals surface area contributed by atoms with Crippen LogP contribution in [0.3, 0.4) is 0 Å². The van der Waals surface area contributed by atoms with Crippen LogP contribution in [0.5, 0.6) is 5.75 Å². The van der Waals surface area contributed by atoms with Crippen LogP contribution in [0.1, 0.15) is 36.8 Å². The normalized spacial score (nSPS) is 14.1. The highest BCUT2D eigenvalue weighted by molar-refractivity contribution is 5.55. The van der Waals surface area contributed by atoms with Gasteiger partial charge in [0.2, 0.25) is 5.82 Å². The van der Waals surface area contributed by atoms with Gasteiger partial charge in [0.15, 0.2) is 0 Å². The van der Waals surface area contributed by atoms with Crippen LogP contribution in [0.4, 0.5) is 0 Å². The lowest BCUT2D eigenvalue weighted by Crippen LogP contribution is -2.28. The highest BCUT2D eigenvalue weighted by Gasteiger charge is 2.37. The summed E-state index contributed by atoms with van der Waals surface area (Å²) in [4.78, 5) is 8.52. The molecule has 0 aliphatic heterocycles. The molecule has 4 rings (SSSR count). The minimum absolute atomic E-state index is 0.186. The maximum atomic E-state index is 11.1. The Morgan fingerprint density at radius 1 is 1.03 bits per heavy atom. The van der Waals surface area contributed by atoms with Crippen molar-refractivity contribution in [2.24, 2.45) is 0 Å². The van der Waals surface area contributed by atoms with E-state index in [-0.39, 0.29) is 11.8 Å². The van der Waals surface area contributed by atoms with Crippen LogP contribution < -0.4 is 4.74 Å². The van der Waals surface area contributed by atoms with Crippen LogP contribution in [-0.4, -0.2) is 20.2 Å². The fourth-order valence-electron chi connectivity index (χ4n) is 3.15. The predicted molar refractivity (Wildman–Crippen MR) is 113 cm³/mol. The van der Waals surface area contributed by atoms with Gasteiger partial charge in [-0.25, -0.2) is 0 Å². The first kappa shape index (κ1) is 19.8. The number of aliphatic hydroxyl groups is 1. The van der Waals surface area contributed by atoms with Gasteiger partial charge in [0, 0.05) is 29.4 Å². The van der Waals surface area contributed by atoms with E-state index in [1.807, 2.05) is 73.7 Å². The number of ether oxygens (including phenoxy) is 1. The molecule has 0 aliphatic carbocycles. The molecule has 0 saturated heterocycles. The van der Waals surface area contributed by atoms with E-state index in [1.165, 1.54) is 0 Å². The molecule has 0 unspecified atom stereocenters. The molecule has 2 heterocycles. The number of hydrogen-bond donors (Lipinski definition) is 1. The zero-order valence-corrected chi connectivity index (χ0v) is 16.9. The minimum Gasteiger partial charge on any atom is -0.489 e. The summed E-state index contributed by atoms with van der Waals surface area (Å²) in [6, 6.07) is 21.1. The average molecular weight is 401 g/mol. The second kappa shape index (κ2) is 8.47. The molecule has 6 heteroatoms. The van der Waals surface area contributed by atoms with Crippen molar-refractivity contribution in [3.8, 4) is 17.1 Å². The zero-order chi connectivity index (χ0) is 21.0. The van der Waals surface area contributed by atoms with Gasteiger partial charge < -0.3 is 14.4 Å². The van der Waals surface area contributed by atoms with Crippen molar-refractivity contribution in [1.82, 2.24) is 15.1 Å². The largest absolute Gasteiger partial charge is 0.489 e. The molecule has 2 atom stereocenters. The van der Waals surface area contributed by atoms with Crippen molar-refractivity contribution >= 4 is 0 Å². The van der Waals surface area contributed by atoms with E-state index in [9.17, 15) is 5.11 Å². The fraction of sp³-hybridized carbons (Fsp3) is 0.208. The molecular formula is C24H23N3O3. The second-order valence-electron chi connectivity index (χ2n) is 7.38. The number of benzene rings is 2. The Bertz CT molecular complexity index is 1080. The summed E-state index contributed by atoms with van der Waals surface area (Å²) in [5, 5.41) is 15.1. The summed E-state index contributed by atoms with van der Waals surface area (Å²) < 4.78 is 11.2. The molecule has 6 nitrogen and oxygen atoms in total. The smallest absolute Gasteiger partial charge is 0.259 e. The van der Waals surface area contributed by atoms with Gasteiger partial charge in [0.25, 0.3) is 5.89 Å². The van der Waals surface area contributed by atoms with Crippen molar-refractivity contribution in [3.05, 3.63) is 96.1 Å². The van der Waals surface area contributed by atoms with E-state index < -0.39 is 5.60 Å². The van der Waals surface area contributed by atoms with Crippen molar-refractivity contribution < 1.29 is 14.4 Å². The summed E-state index contributed by atoms with van der Waals surface area (Å²) >= 11 is 0. The quantitative estimate of drug-likeness (QED) is 0.482. The van der Waals surface area contributed by atoms with E-state index in [0.29, 0.717) is 12.4 Å². The summed E-state index contributed by atoms with van der Waals surface area (Å²) in [6.07, 6.45) is 3.51. The van der Waals surface area contributed by atoms with Gasteiger partial charge in [-0.05, 0) is 42.8 Å². The SMILES string of the molecule is C[C@@H](c1ccccc1)[C@](C)(O)c1nc(-c2ccc(OCc3cccnc3)cc2)no1. The van der Waals surface area contributed by atoms with Crippen molar-refractivity contribution in [3.63, 3.8) is 0 Å². The molecule has 0 radical (unpaired) electrons. The lowest BCUT2D eigenvalue weighted by molar-refractivity contribution is 0.000604. The summed E-state index contributed by atoms with van der Waals surface area (Å²) in [5.41, 5.74) is 1.48. The molecule has 30 heavy (non-hydrogen) atoms. The molecule has 0 spiro atoms. The predicted octanol–water partition coefficient (Wildman–Crippen LogP) is 4.72. The Kier molecular flexibility index (Phi) is 5.59. The lowest BCUT2D eigenvalue weighted by Gasteiger charge is -2.26. The van der Waals surface area contributed by atoms with E-state index in [0.717, 1.165) is 22.4 Å². The van der Waals surface area contributed by atoms with Crippen molar-refractivity contribution in [2.45, 2.75) is 32.0 Å². The first-order valence-corrected chi connectivity index (χ1v) is 9.77. The maximum Gasteiger partial charge on any atom is 0.259 e. The number of hydrogen-bond acceptors (Lipinski definition) is 6. The Labute approximate surface area is 175 Å². The molecule has 0 bridgehead atoms. The Morgan fingerprint density at radius 2 is 1.80 bits per heavy atom. The molecule has 0 fully saturated rings. The minimum atomic E-state index is -1.29. The van der Waals surface area contributed by atoms with Crippen molar-refractivity contribution in [1.29, 1.82) is 0 Å². The fourth-order valence-corrected chi connectivity index (χ4v) is 3.15. The number of rotatable bonds is 7. The number of pyridine rings is 1. The molecule has 152 valence electrons. The topological polar surface area (TPSA) is 81.3 Å². The van der Waals surface area contributed by atoms with E-state index in [4.69, 9.17) is 9.26 Å². The van der Waals surface area contributed by atoms with Gasteiger partial charge in [0.05, 0.1) is 0 Å². The zero-order valence-electron chi connectivity index (χ0n) is 16.9. The average Bonchev–Trinajstić information content (AvgIpc) is 3.30. The monoisotopic (exact) mass is 401 g/mol. The van der Waals surface area contributed by atoms with Crippen LogP contribution in [-0.2, 0) is 12.2 Å². The lowest BCUT2D eigenvalue weighted by atomic mass is 9.85. The summed E-state index contributed by atoms with van der Waals surface area (Å²) in [5.74, 6) is 1.13. The Morgan fingerprint density at radius 3 is 2.50 bits per heavy atom. The molecule has 0 amide bonds. The van der Waals surface area contributed by atoms with E-state index in [2.05, 4.69) is 15.1 Å². The standard InChI is InChI=1S/C24H23N3O3/c1-17(19-8-4-3-5-9-19)24(2,28)23-26-22(27-30-23)20-10-12-21(13-11-20)29-16-18-7-6-14-25-15-18/h3-15,17,28H,16H2,1-2H3/t17-,24-/m0/s1. The molecule has 1 N–H and O–H groups in total. The summed E-state index contributed by atoms with van der Waals surface area (Å²) in [6.45, 7) is 4.07. The van der Waals surface area contributed by atoms with Crippen LogP contribution in [0.15, 0.2) is 83.6 Å². The van der Waals surface area contributed by atoms with E-state index >= 15 is 0 Å². The van der Waals surface area contributed by atoms with Gasteiger partial charge in [-0.1, -0.05) is 48.5 Å². The van der Waals surface area contributed by atoms with Gasteiger partial charge in [-0.2, -0.15) is 4.98 Å². The third-order valence-electron chi connectivity index (χ3n) is 5.24. The first-order chi connectivity index (χ1) is 14.5. The third-order valence-corrected chi connectivity index (χ3v) is 5.24. The Balaban J connectivity index is 1.47. The molecule has 2 aromatic carbocycles. The van der Waals surface area contributed by atoms with Gasteiger partial charge in [0.1, 0.15) is 18.0 Å². The van der Waals surface area contributed by atoms with Crippen molar-refractivity contribution in [2.75, 3.05) is 0 Å². The highest BCUT2D eigenvalue weighted by atomic mass is 16.5. The Hall–Kier alpha value is -3.51. The number of aromatic nitrogens is 3. The molecular weight excluding hydrogens is 378 g/mol. The van der Waals surface area contributed by atoms with E-state index in [1.54, 1.807) is 19.3 Å². The highest BCUT2D eigenvalue weighted by Crippen LogP contribution is 2.36. The van der Waals surface area contributed by atoms with Gasteiger partial charge in [-0.3, -0.25) is 4.98 Å². The number of nitrogens with zero attached hydrogens (tertiary/aromatic N) is 3. The van der Waals surface area contributed by atoms with Crippen LogP contribution in [0.25, 0.3) is 11.4 Å². The molecule has 4 aromatic rings. The third kappa shape index (κ3) is 4.23. The van der Waals surface area contributed by atoms with Crippen LogP contribution in [0, 0.1) is 0 Å². The van der Waals surface area contributed by atoms with Gasteiger partial charge >= 0.3 is 0 Å². The van der Waals surface area contributed by atoms with Crippen LogP contribution >= 0.6 is 0 Å².